The van der Waals surface area contributed by atoms with Crippen LogP contribution in [0.2, 0.25) is 5.02 Å². The molecule has 0 amide bonds. The molecule has 1 aromatic carbocycles. The van der Waals surface area contributed by atoms with Crippen LogP contribution >= 0.6 is 22.9 Å². The molecule has 10 heteroatoms. The molecule has 0 radical (unpaired) electrons. The van der Waals surface area contributed by atoms with Gasteiger partial charge in [-0.25, -0.2) is 19.5 Å². The standard InChI is InChI=1S/C20H16ClN7OS/c1-12-13(2)28(20-22-7-8-30-20)18-17(12)19-25-16(26-27(19)11-23-18)10-29-24-9-14-5-3-4-6-15(14)21/h3-9,11H,10H2,1-2H3. The van der Waals surface area contributed by atoms with Gasteiger partial charge in [-0.05, 0) is 25.5 Å². The van der Waals surface area contributed by atoms with E-state index in [2.05, 4.69) is 39.1 Å². The minimum atomic E-state index is 0.134. The van der Waals surface area contributed by atoms with Crippen molar-refractivity contribution in [3.63, 3.8) is 0 Å². The lowest BCUT2D eigenvalue weighted by Crippen LogP contribution is -1.98. The van der Waals surface area contributed by atoms with Crippen molar-refractivity contribution >= 4 is 45.8 Å². The second-order valence-electron chi connectivity index (χ2n) is 6.63. The zero-order valence-electron chi connectivity index (χ0n) is 16.2. The maximum Gasteiger partial charge on any atom is 0.195 e. The minimum Gasteiger partial charge on any atom is -0.387 e. The van der Waals surface area contributed by atoms with Crippen LogP contribution in [0.3, 0.4) is 0 Å². The summed E-state index contributed by atoms with van der Waals surface area (Å²) in [5.74, 6) is 0.514. The fourth-order valence-corrected chi connectivity index (χ4v) is 4.17. The van der Waals surface area contributed by atoms with Crippen molar-refractivity contribution in [1.82, 2.24) is 29.1 Å². The minimum absolute atomic E-state index is 0.134. The van der Waals surface area contributed by atoms with Crippen LogP contribution in [0.4, 0.5) is 0 Å². The van der Waals surface area contributed by atoms with Crippen LogP contribution in [-0.4, -0.2) is 35.3 Å². The summed E-state index contributed by atoms with van der Waals surface area (Å²) in [6.07, 6.45) is 5.01. The zero-order chi connectivity index (χ0) is 20.7. The van der Waals surface area contributed by atoms with E-state index in [-0.39, 0.29) is 6.61 Å². The van der Waals surface area contributed by atoms with Crippen molar-refractivity contribution in [1.29, 1.82) is 0 Å². The molecule has 0 N–H and O–H groups in total. The third-order valence-electron chi connectivity index (χ3n) is 4.85. The molecule has 0 aliphatic heterocycles. The summed E-state index contributed by atoms with van der Waals surface area (Å²) in [7, 11) is 0. The normalized spacial score (nSPS) is 11.8. The lowest BCUT2D eigenvalue weighted by molar-refractivity contribution is 0.126. The van der Waals surface area contributed by atoms with Crippen molar-refractivity contribution in [2.45, 2.75) is 20.5 Å². The number of fused-ring (bicyclic) bond motifs is 3. The van der Waals surface area contributed by atoms with Gasteiger partial charge in [-0.1, -0.05) is 35.0 Å². The Balaban J connectivity index is 1.47. The first kappa shape index (κ1) is 18.7. The highest BCUT2D eigenvalue weighted by Gasteiger charge is 2.19. The summed E-state index contributed by atoms with van der Waals surface area (Å²) in [5.41, 5.74) is 4.48. The highest BCUT2D eigenvalue weighted by Crippen LogP contribution is 2.30. The van der Waals surface area contributed by atoms with E-state index in [0.717, 1.165) is 38.6 Å². The largest absolute Gasteiger partial charge is 0.387 e. The Morgan fingerprint density at radius 2 is 2.07 bits per heavy atom. The van der Waals surface area contributed by atoms with Gasteiger partial charge >= 0.3 is 0 Å². The van der Waals surface area contributed by atoms with Crippen LogP contribution in [0.15, 0.2) is 47.3 Å². The summed E-state index contributed by atoms with van der Waals surface area (Å²) in [4.78, 5) is 19.1. The van der Waals surface area contributed by atoms with E-state index in [1.165, 1.54) is 0 Å². The second kappa shape index (κ2) is 7.51. The predicted molar refractivity (Wildman–Crippen MR) is 117 cm³/mol. The Morgan fingerprint density at radius 1 is 1.20 bits per heavy atom. The number of thiazole rings is 1. The number of aryl methyl sites for hydroxylation is 1. The van der Waals surface area contributed by atoms with Gasteiger partial charge in [0.05, 0.1) is 11.6 Å². The third-order valence-corrected chi connectivity index (χ3v) is 5.95. The molecule has 0 aliphatic rings. The molecule has 0 unspecified atom stereocenters. The first-order valence-corrected chi connectivity index (χ1v) is 10.4. The first-order chi connectivity index (χ1) is 14.6. The highest BCUT2D eigenvalue weighted by molar-refractivity contribution is 7.12. The van der Waals surface area contributed by atoms with Crippen LogP contribution in [0.5, 0.6) is 0 Å². The molecule has 0 bridgehead atoms. The van der Waals surface area contributed by atoms with Crippen molar-refractivity contribution in [2.75, 3.05) is 0 Å². The molecule has 0 atom stereocenters. The van der Waals surface area contributed by atoms with E-state index in [4.69, 9.17) is 16.4 Å². The average molecular weight is 438 g/mol. The Bertz CT molecular complexity index is 1390. The van der Waals surface area contributed by atoms with E-state index in [1.807, 2.05) is 28.1 Å². The van der Waals surface area contributed by atoms with Gasteiger partial charge in [0.25, 0.3) is 0 Å². The van der Waals surface area contributed by atoms with E-state index < -0.39 is 0 Å². The maximum absolute atomic E-state index is 6.11. The highest BCUT2D eigenvalue weighted by atomic mass is 35.5. The number of rotatable bonds is 5. The first-order valence-electron chi connectivity index (χ1n) is 9.15. The number of aromatic nitrogens is 6. The molecule has 0 spiro atoms. The van der Waals surface area contributed by atoms with Gasteiger partial charge in [0.2, 0.25) is 0 Å². The Labute approximate surface area is 180 Å². The van der Waals surface area contributed by atoms with Crippen LogP contribution < -0.4 is 0 Å². The lowest BCUT2D eigenvalue weighted by Gasteiger charge is -2.02. The number of oxime groups is 1. The maximum atomic E-state index is 6.11. The third kappa shape index (κ3) is 3.12. The van der Waals surface area contributed by atoms with Gasteiger partial charge in [0, 0.05) is 27.9 Å². The molecule has 5 aromatic rings. The molecule has 0 fully saturated rings. The van der Waals surface area contributed by atoms with Crippen LogP contribution in [0.1, 0.15) is 22.6 Å². The van der Waals surface area contributed by atoms with Gasteiger partial charge in [-0.15, -0.1) is 16.4 Å². The zero-order valence-corrected chi connectivity index (χ0v) is 17.7. The van der Waals surface area contributed by atoms with Gasteiger partial charge in [-0.2, -0.15) is 0 Å². The summed E-state index contributed by atoms with van der Waals surface area (Å²) in [5, 5.41) is 12.8. The van der Waals surface area contributed by atoms with E-state index >= 15 is 0 Å². The summed E-state index contributed by atoms with van der Waals surface area (Å²) >= 11 is 7.67. The van der Waals surface area contributed by atoms with Crippen molar-refractivity contribution in [2.24, 2.45) is 5.16 Å². The molecule has 150 valence electrons. The fraction of sp³-hybridized carbons (Fsp3) is 0.150. The number of benzene rings is 1. The van der Waals surface area contributed by atoms with Gasteiger partial charge in [-0.3, -0.25) is 4.57 Å². The fourth-order valence-electron chi connectivity index (χ4n) is 3.30. The number of nitrogens with zero attached hydrogens (tertiary/aromatic N) is 7. The molecule has 0 aliphatic carbocycles. The van der Waals surface area contributed by atoms with Crippen LogP contribution in [0, 0.1) is 13.8 Å². The molecule has 30 heavy (non-hydrogen) atoms. The average Bonchev–Trinajstić information content (AvgIpc) is 3.46. The Morgan fingerprint density at radius 3 is 2.87 bits per heavy atom. The second-order valence-corrected chi connectivity index (χ2v) is 7.91. The van der Waals surface area contributed by atoms with Crippen molar-refractivity contribution < 1.29 is 4.84 Å². The predicted octanol–water partition coefficient (Wildman–Crippen LogP) is 4.35. The Kier molecular flexibility index (Phi) is 4.68. The summed E-state index contributed by atoms with van der Waals surface area (Å²) < 4.78 is 3.71. The molecule has 0 saturated carbocycles. The van der Waals surface area contributed by atoms with E-state index in [9.17, 15) is 0 Å². The number of hydrogen-bond donors (Lipinski definition) is 0. The van der Waals surface area contributed by atoms with Gasteiger partial charge in [0.1, 0.15) is 6.33 Å². The molecule has 4 heterocycles. The molecule has 5 rings (SSSR count). The summed E-state index contributed by atoms with van der Waals surface area (Å²) in [6.45, 7) is 4.25. The van der Waals surface area contributed by atoms with Gasteiger partial charge in [0.15, 0.2) is 28.9 Å². The SMILES string of the molecule is Cc1c(C)n(-c2nccs2)c2ncn3nc(CON=Cc4ccccc4Cl)nc3c12. The van der Waals surface area contributed by atoms with Gasteiger partial charge < -0.3 is 4.84 Å². The quantitative estimate of drug-likeness (QED) is 0.301. The lowest BCUT2D eigenvalue weighted by atomic mass is 10.2. The van der Waals surface area contributed by atoms with Crippen molar-refractivity contribution in [3.05, 3.63) is 69.8 Å². The molecule has 8 nitrogen and oxygen atoms in total. The smallest absolute Gasteiger partial charge is 0.195 e. The van der Waals surface area contributed by atoms with Crippen molar-refractivity contribution in [3.8, 4) is 5.13 Å². The van der Waals surface area contributed by atoms with Crippen LogP contribution in [0.25, 0.3) is 21.8 Å². The molecule has 4 aromatic heterocycles. The van der Waals surface area contributed by atoms with E-state index in [1.54, 1.807) is 40.7 Å². The molecule has 0 saturated heterocycles. The van der Waals surface area contributed by atoms with E-state index in [0.29, 0.717) is 10.8 Å². The summed E-state index contributed by atoms with van der Waals surface area (Å²) in [6, 6.07) is 7.41. The molecular formula is C20H16ClN7OS. The van der Waals surface area contributed by atoms with Crippen LogP contribution in [-0.2, 0) is 11.4 Å². The number of halogens is 1. The monoisotopic (exact) mass is 437 g/mol. The number of hydrogen-bond acceptors (Lipinski definition) is 7. The topological polar surface area (TPSA) is 82.5 Å². The molecular weight excluding hydrogens is 422 g/mol. The Hall–Kier alpha value is -3.30.